The van der Waals surface area contributed by atoms with Gasteiger partial charge in [0.2, 0.25) is 0 Å². The quantitative estimate of drug-likeness (QED) is 0.638. The highest BCUT2D eigenvalue weighted by Crippen LogP contribution is 2.10. The number of hydrogen-bond acceptors (Lipinski definition) is 3. The van der Waals surface area contributed by atoms with Gasteiger partial charge in [-0.3, -0.25) is 0 Å². The maximum Gasteiger partial charge on any atom is 0.349 e. The van der Waals surface area contributed by atoms with Gasteiger partial charge in [0.1, 0.15) is 0 Å². The van der Waals surface area contributed by atoms with E-state index in [0.29, 0.717) is 0 Å². The van der Waals surface area contributed by atoms with E-state index in [-0.39, 0.29) is 11.3 Å². The van der Waals surface area contributed by atoms with E-state index >= 15 is 0 Å². The first-order chi connectivity index (χ1) is 7.61. The number of carboxylic acids is 1. The highest BCUT2D eigenvalue weighted by Gasteiger charge is 2.14. The fourth-order valence-electron chi connectivity index (χ4n) is 1.38. The molecule has 0 aliphatic carbocycles. The van der Waals surface area contributed by atoms with Gasteiger partial charge in [-0.1, -0.05) is 12.1 Å². The molecule has 82 valence electrons. The zero-order valence-electron chi connectivity index (χ0n) is 7.93. The topological polar surface area (TPSA) is 108 Å². The molecule has 1 heterocycles. The van der Waals surface area contributed by atoms with Crippen molar-refractivity contribution in [2.24, 2.45) is 0 Å². The summed E-state index contributed by atoms with van der Waals surface area (Å²) in [5.74, 6) is -1.21. The Balaban J connectivity index is 2.79. The summed E-state index contributed by atoms with van der Waals surface area (Å²) in [5.41, 5.74) is -1.50. The molecule has 0 atom stereocenters. The molecule has 0 unspecified atom stereocenters. The molecular formula is C9H7N3O4. The lowest BCUT2D eigenvalue weighted by Gasteiger charge is -2.03. The highest BCUT2D eigenvalue weighted by atomic mass is 16.4. The van der Waals surface area contributed by atoms with Crippen molar-refractivity contribution in [2.45, 2.75) is 0 Å². The Morgan fingerprint density at radius 3 is 2.25 bits per heavy atom. The molecule has 16 heavy (non-hydrogen) atoms. The van der Waals surface area contributed by atoms with Gasteiger partial charge in [0.05, 0.1) is 11.3 Å². The first-order valence-electron chi connectivity index (χ1n) is 4.33. The number of para-hydroxylation sites is 1. The summed E-state index contributed by atoms with van der Waals surface area (Å²) in [6.07, 6.45) is 0. The Bertz CT molecular complexity index is 622. The normalized spacial score (nSPS) is 10.2. The van der Waals surface area contributed by atoms with Crippen molar-refractivity contribution in [2.75, 3.05) is 0 Å². The summed E-state index contributed by atoms with van der Waals surface area (Å²) < 4.78 is 0.726. The minimum atomic E-state index is -1.21. The number of rotatable bonds is 2. The summed E-state index contributed by atoms with van der Waals surface area (Å²) >= 11 is 0. The second kappa shape index (κ2) is 3.54. The van der Waals surface area contributed by atoms with Crippen LogP contribution in [0.4, 0.5) is 0 Å². The first-order valence-corrected chi connectivity index (χ1v) is 4.33. The number of carbonyl (C=O) groups is 1. The molecule has 7 nitrogen and oxygen atoms in total. The van der Waals surface area contributed by atoms with Crippen molar-refractivity contribution in [3.8, 4) is 5.69 Å². The van der Waals surface area contributed by atoms with Gasteiger partial charge in [-0.05, 0) is 12.1 Å². The molecule has 0 radical (unpaired) electrons. The molecule has 0 fully saturated rings. The van der Waals surface area contributed by atoms with Crippen molar-refractivity contribution in [3.05, 3.63) is 50.8 Å². The van der Waals surface area contributed by atoms with Gasteiger partial charge < -0.3 is 5.11 Å². The summed E-state index contributed by atoms with van der Waals surface area (Å²) in [6.45, 7) is 0. The molecule has 1 aromatic carbocycles. The van der Waals surface area contributed by atoms with E-state index < -0.39 is 17.3 Å². The van der Waals surface area contributed by atoms with E-state index in [1.807, 2.05) is 0 Å². The van der Waals surface area contributed by atoms with Crippen molar-refractivity contribution in [3.63, 3.8) is 0 Å². The van der Waals surface area contributed by atoms with Gasteiger partial charge in [0, 0.05) is 0 Å². The summed E-state index contributed by atoms with van der Waals surface area (Å²) in [7, 11) is 0. The molecular weight excluding hydrogens is 214 g/mol. The molecule has 1 aromatic heterocycles. The summed E-state index contributed by atoms with van der Waals surface area (Å²) in [4.78, 5) is 33.5. The summed E-state index contributed by atoms with van der Waals surface area (Å²) in [6, 6.07) is 5.75. The summed E-state index contributed by atoms with van der Waals surface area (Å²) in [5, 5.41) is 13.1. The van der Waals surface area contributed by atoms with E-state index in [1.165, 1.54) is 18.2 Å². The number of H-pyrrole nitrogens is 2. The third-order valence-corrected chi connectivity index (χ3v) is 2.06. The van der Waals surface area contributed by atoms with Gasteiger partial charge in [-0.25, -0.2) is 29.1 Å². The van der Waals surface area contributed by atoms with Crippen LogP contribution >= 0.6 is 0 Å². The standard InChI is InChI=1S/C9H7N3O4/c13-7(14)5-3-1-2-4-6(5)12-8(15)10-11-9(12)16/h1-4H,(H,10,15)(H,11,16)(H,13,14). The van der Waals surface area contributed by atoms with E-state index in [9.17, 15) is 14.4 Å². The Labute approximate surface area is 88.0 Å². The fourth-order valence-corrected chi connectivity index (χ4v) is 1.38. The second-order valence-electron chi connectivity index (χ2n) is 3.02. The van der Waals surface area contributed by atoms with Crippen molar-refractivity contribution < 1.29 is 9.90 Å². The predicted molar refractivity (Wildman–Crippen MR) is 54.0 cm³/mol. The van der Waals surface area contributed by atoms with Gasteiger partial charge in [-0.2, -0.15) is 0 Å². The van der Waals surface area contributed by atoms with Crippen LogP contribution in [0, 0.1) is 0 Å². The van der Waals surface area contributed by atoms with Crippen molar-refractivity contribution >= 4 is 5.97 Å². The maximum atomic E-state index is 11.3. The van der Waals surface area contributed by atoms with Gasteiger partial charge in [-0.15, -0.1) is 0 Å². The van der Waals surface area contributed by atoms with Crippen LogP contribution < -0.4 is 11.4 Å². The maximum absolute atomic E-state index is 11.3. The van der Waals surface area contributed by atoms with Crippen molar-refractivity contribution in [1.29, 1.82) is 0 Å². The predicted octanol–water partition coefficient (Wildman–Crippen LogP) is -0.448. The number of aromatic carboxylic acids is 1. The highest BCUT2D eigenvalue weighted by molar-refractivity contribution is 5.91. The molecule has 0 saturated carbocycles. The van der Waals surface area contributed by atoms with Crippen LogP contribution in [0.15, 0.2) is 33.9 Å². The average Bonchev–Trinajstić information content (AvgIpc) is 2.58. The molecule has 0 saturated heterocycles. The smallest absolute Gasteiger partial charge is 0.349 e. The number of aromatic nitrogens is 3. The fraction of sp³-hybridized carbons (Fsp3) is 0. The average molecular weight is 221 g/mol. The lowest BCUT2D eigenvalue weighted by molar-refractivity contribution is 0.0697. The van der Waals surface area contributed by atoms with E-state index in [4.69, 9.17) is 5.11 Å². The molecule has 7 heteroatoms. The largest absolute Gasteiger partial charge is 0.478 e. The van der Waals surface area contributed by atoms with Gasteiger partial charge >= 0.3 is 17.3 Å². The van der Waals surface area contributed by atoms with Crippen LogP contribution in [-0.4, -0.2) is 25.8 Å². The SMILES string of the molecule is O=C(O)c1ccccc1-n1c(=O)[nH][nH]c1=O. The monoisotopic (exact) mass is 221 g/mol. The number of nitrogens with one attached hydrogen (secondary N) is 2. The minimum Gasteiger partial charge on any atom is -0.478 e. The van der Waals surface area contributed by atoms with E-state index in [1.54, 1.807) is 6.07 Å². The van der Waals surface area contributed by atoms with Crippen LogP contribution in [0.5, 0.6) is 0 Å². The third kappa shape index (κ3) is 1.44. The molecule has 0 bridgehead atoms. The zero-order chi connectivity index (χ0) is 11.7. The van der Waals surface area contributed by atoms with Gasteiger partial charge in [0.25, 0.3) is 0 Å². The molecule has 2 rings (SSSR count). The molecule has 0 aliphatic rings. The lowest BCUT2D eigenvalue weighted by Crippen LogP contribution is -2.26. The Hall–Kier alpha value is -2.57. The Kier molecular flexibility index (Phi) is 2.20. The molecule has 2 aromatic rings. The van der Waals surface area contributed by atoms with Gasteiger partial charge in [0.15, 0.2) is 0 Å². The Morgan fingerprint density at radius 1 is 1.12 bits per heavy atom. The first kappa shape index (κ1) is 9.97. The molecule has 0 amide bonds. The Morgan fingerprint density at radius 2 is 1.69 bits per heavy atom. The van der Waals surface area contributed by atoms with Crippen molar-refractivity contribution in [1.82, 2.24) is 14.8 Å². The van der Waals surface area contributed by atoms with Crippen LogP contribution in [0.3, 0.4) is 0 Å². The molecule has 3 N–H and O–H groups in total. The third-order valence-electron chi connectivity index (χ3n) is 2.06. The second-order valence-corrected chi connectivity index (χ2v) is 3.02. The number of hydrogen-bond donors (Lipinski definition) is 3. The number of aromatic amines is 2. The van der Waals surface area contributed by atoms with Crippen LogP contribution in [0.1, 0.15) is 10.4 Å². The molecule has 0 spiro atoms. The van der Waals surface area contributed by atoms with E-state index in [0.717, 1.165) is 4.57 Å². The lowest BCUT2D eigenvalue weighted by atomic mass is 10.2. The minimum absolute atomic E-state index is 0.0301. The van der Waals surface area contributed by atoms with Crippen LogP contribution in [0.2, 0.25) is 0 Å². The number of carboxylic acid groups (broad SMARTS) is 1. The van der Waals surface area contributed by atoms with E-state index in [2.05, 4.69) is 10.2 Å². The van der Waals surface area contributed by atoms with Crippen LogP contribution in [0.25, 0.3) is 5.69 Å². The molecule has 0 aliphatic heterocycles. The number of benzene rings is 1. The zero-order valence-corrected chi connectivity index (χ0v) is 7.93. The van der Waals surface area contributed by atoms with Crippen LogP contribution in [-0.2, 0) is 0 Å². The number of nitrogens with zero attached hydrogens (tertiary/aromatic N) is 1.